The molecular formula is C12H15ClN2OS. The third-order valence-electron chi connectivity index (χ3n) is 2.39. The molecule has 0 bridgehead atoms. The Hall–Kier alpha value is -1.00. The van der Waals surface area contributed by atoms with Crippen molar-refractivity contribution in [3.63, 3.8) is 0 Å². The lowest BCUT2D eigenvalue weighted by atomic mass is 10.3. The van der Waals surface area contributed by atoms with Crippen molar-refractivity contribution in [1.29, 1.82) is 0 Å². The molecule has 92 valence electrons. The molecule has 0 heterocycles. The van der Waals surface area contributed by atoms with E-state index in [4.69, 9.17) is 28.6 Å². The van der Waals surface area contributed by atoms with Crippen molar-refractivity contribution in [1.82, 2.24) is 10.6 Å². The zero-order valence-corrected chi connectivity index (χ0v) is 11.0. The Labute approximate surface area is 111 Å². The summed E-state index contributed by atoms with van der Waals surface area (Å²) in [4.78, 5) is 0. The fourth-order valence-corrected chi connectivity index (χ4v) is 1.81. The zero-order chi connectivity index (χ0) is 12.1. The van der Waals surface area contributed by atoms with E-state index in [1.807, 2.05) is 24.3 Å². The Morgan fingerprint density at radius 1 is 1.41 bits per heavy atom. The van der Waals surface area contributed by atoms with Gasteiger partial charge in [-0.15, -0.1) is 0 Å². The number of hydrogen-bond donors (Lipinski definition) is 2. The molecule has 2 N–H and O–H groups in total. The normalized spacial score (nSPS) is 14.2. The summed E-state index contributed by atoms with van der Waals surface area (Å²) in [7, 11) is 0. The first kappa shape index (κ1) is 12.5. The summed E-state index contributed by atoms with van der Waals surface area (Å²) in [6, 6.07) is 8.02. The minimum Gasteiger partial charge on any atom is -0.490 e. The molecule has 1 aliphatic carbocycles. The SMILES string of the molecule is S=C(NCCOc1ccccc1Cl)NC1CC1. The van der Waals surface area contributed by atoms with Crippen LogP contribution in [-0.2, 0) is 0 Å². The van der Waals surface area contributed by atoms with Crippen LogP contribution in [0.15, 0.2) is 24.3 Å². The summed E-state index contributed by atoms with van der Waals surface area (Å²) < 4.78 is 5.53. The molecule has 0 atom stereocenters. The van der Waals surface area contributed by atoms with Crippen LogP contribution in [-0.4, -0.2) is 24.3 Å². The van der Waals surface area contributed by atoms with Crippen LogP contribution in [0.5, 0.6) is 5.75 Å². The van der Waals surface area contributed by atoms with E-state index in [0.29, 0.717) is 35.1 Å². The van der Waals surface area contributed by atoms with E-state index in [-0.39, 0.29) is 0 Å². The highest BCUT2D eigenvalue weighted by Gasteiger charge is 2.21. The predicted octanol–water partition coefficient (Wildman–Crippen LogP) is 2.35. The number of benzene rings is 1. The van der Waals surface area contributed by atoms with E-state index in [1.54, 1.807) is 0 Å². The lowest BCUT2D eigenvalue weighted by Crippen LogP contribution is -2.38. The molecule has 5 heteroatoms. The van der Waals surface area contributed by atoms with Crippen LogP contribution in [0, 0.1) is 0 Å². The van der Waals surface area contributed by atoms with Crippen LogP contribution in [0.4, 0.5) is 0 Å². The van der Waals surface area contributed by atoms with E-state index in [0.717, 1.165) is 0 Å². The quantitative estimate of drug-likeness (QED) is 0.636. The van der Waals surface area contributed by atoms with E-state index in [2.05, 4.69) is 10.6 Å². The third-order valence-corrected chi connectivity index (χ3v) is 2.97. The van der Waals surface area contributed by atoms with Crippen molar-refractivity contribution in [3.8, 4) is 5.75 Å². The highest BCUT2D eigenvalue weighted by atomic mass is 35.5. The minimum absolute atomic E-state index is 0.538. The Bertz CT molecular complexity index is 396. The number of thiocarbonyl (C=S) groups is 1. The predicted molar refractivity (Wildman–Crippen MR) is 73.7 cm³/mol. The molecule has 0 aromatic heterocycles. The molecule has 1 aromatic carbocycles. The first-order valence-electron chi connectivity index (χ1n) is 5.67. The molecule has 17 heavy (non-hydrogen) atoms. The van der Waals surface area contributed by atoms with Gasteiger partial charge in [0.2, 0.25) is 0 Å². The maximum absolute atomic E-state index is 5.96. The van der Waals surface area contributed by atoms with Gasteiger partial charge in [-0.1, -0.05) is 23.7 Å². The van der Waals surface area contributed by atoms with Gasteiger partial charge in [0.25, 0.3) is 0 Å². The van der Waals surface area contributed by atoms with Gasteiger partial charge in [-0.3, -0.25) is 0 Å². The number of halogens is 1. The van der Waals surface area contributed by atoms with Gasteiger partial charge in [0.05, 0.1) is 11.6 Å². The highest BCUT2D eigenvalue weighted by molar-refractivity contribution is 7.80. The number of rotatable bonds is 5. The van der Waals surface area contributed by atoms with Crippen molar-refractivity contribution < 1.29 is 4.74 Å². The Kier molecular flexibility index (Phi) is 4.45. The third kappa shape index (κ3) is 4.40. The fraction of sp³-hybridized carbons (Fsp3) is 0.417. The van der Waals surface area contributed by atoms with E-state index in [1.165, 1.54) is 12.8 Å². The number of ether oxygens (including phenoxy) is 1. The largest absolute Gasteiger partial charge is 0.490 e. The molecule has 0 spiro atoms. The molecule has 0 aliphatic heterocycles. The van der Waals surface area contributed by atoms with Gasteiger partial charge in [0.1, 0.15) is 12.4 Å². The van der Waals surface area contributed by atoms with Crippen molar-refractivity contribution in [2.45, 2.75) is 18.9 Å². The second-order valence-electron chi connectivity index (χ2n) is 3.95. The zero-order valence-electron chi connectivity index (χ0n) is 9.41. The Balaban J connectivity index is 1.62. The standard InChI is InChI=1S/C12H15ClN2OS/c13-10-3-1-2-4-11(10)16-8-7-14-12(17)15-9-5-6-9/h1-4,9H,5-8H2,(H2,14,15,17). The smallest absolute Gasteiger partial charge is 0.166 e. The molecule has 0 amide bonds. The lowest BCUT2D eigenvalue weighted by Gasteiger charge is -2.11. The summed E-state index contributed by atoms with van der Waals surface area (Å²) >= 11 is 11.1. The van der Waals surface area contributed by atoms with Crippen molar-refractivity contribution in [2.75, 3.05) is 13.2 Å². The minimum atomic E-state index is 0.538. The average molecular weight is 271 g/mol. The van der Waals surface area contributed by atoms with Gasteiger partial charge in [-0.05, 0) is 37.2 Å². The molecule has 1 saturated carbocycles. The molecule has 3 nitrogen and oxygen atoms in total. The van der Waals surface area contributed by atoms with Gasteiger partial charge in [0, 0.05) is 6.04 Å². The van der Waals surface area contributed by atoms with Crippen molar-refractivity contribution >= 4 is 28.9 Å². The van der Waals surface area contributed by atoms with E-state index in [9.17, 15) is 0 Å². The van der Waals surface area contributed by atoms with Gasteiger partial charge in [-0.25, -0.2) is 0 Å². The van der Waals surface area contributed by atoms with Crippen LogP contribution < -0.4 is 15.4 Å². The Morgan fingerprint density at radius 3 is 2.88 bits per heavy atom. The second kappa shape index (κ2) is 6.07. The summed E-state index contributed by atoms with van der Waals surface area (Å²) in [5, 5.41) is 7.63. The molecule has 0 saturated heterocycles. The molecule has 0 radical (unpaired) electrons. The monoisotopic (exact) mass is 270 g/mol. The fourth-order valence-electron chi connectivity index (χ4n) is 1.35. The van der Waals surface area contributed by atoms with Crippen LogP contribution >= 0.6 is 23.8 Å². The van der Waals surface area contributed by atoms with Crippen LogP contribution in [0.2, 0.25) is 5.02 Å². The van der Waals surface area contributed by atoms with Crippen LogP contribution in [0.1, 0.15) is 12.8 Å². The topological polar surface area (TPSA) is 33.3 Å². The van der Waals surface area contributed by atoms with Crippen LogP contribution in [0.25, 0.3) is 0 Å². The average Bonchev–Trinajstić information content (AvgIpc) is 3.10. The highest BCUT2D eigenvalue weighted by Crippen LogP contribution is 2.22. The Morgan fingerprint density at radius 2 is 2.18 bits per heavy atom. The first-order chi connectivity index (χ1) is 8.25. The first-order valence-corrected chi connectivity index (χ1v) is 6.46. The van der Waals surface area contributed by atoms with Gasteiger partial charge in [0.15, 0.2) is 5.11 Å². The molecule has 1 aromatic rings. The number of nitrogens with one attached hydrogen (secondary N) is 2. The number of para-hydroxylation sites is 1. The summed E-state index contributed by atoms with van der Waals surface area (Å²) in [6.07, 6.45) is 2.44. The summed E-state index contributed by atoms with van der Waals surface area (Å²) in [5.41, 5.74) is 0. The molecule has 1 fully saturated rings. The van der Waals surface area contributed by atoms with Crippen molar-refractivity contribution in [3.05, 3.63) is 29.3 Å². The molecule has 2 rings (SSSR count). The van der Waals surface area contributed by atoms with Crippen LogP contribution in [0.3, 0.4) is 0 Å². The maximum atomic E-state index is 5.96. The molecule has 1 aliphatic rings. The van der Waals surface area contributed by atoms with E-state index >= 15 is 0 Å². The number of hydrogen-bond acceptors (Lipinski definition) is 2. The van der Waals surface area contributed by atoms with E-state index < -0.39 is 0 Å². The van der Waals surface area contributed by atoms with Crippen molar-refractivity contribution in [2.24, 2.45) is 0 Å². The summed E-state index contributed by atoms with van der Waals surface area (Å²) in [6.45, 7) is 1.21. The molecule has 0 unspecified atom stereocenters. The van der Waals surface area contributed by atoms with Gasteiger partial charge in [-0.2, -0.15) is 0 Å². The van der Waals surface area contributed by atoms with Gasteiger partial charge < -0.3 is 15.4 Å². The summed E-state index contributed by atoms with van der Waals surface area (Å²) in [5.74, 6) is 0.706. The maximum Gasteiger partial charge on any atom is 0.166 e. The second-order valence-corrected chi connectivity index (χ2v) is 4.77. The lowest BCUT2D eigenvalue weighted by molar-refractivity contribution is 0.322. The molecular weight excluding hydrogens is 256 g/mol. The van der Waals surface area contributed by atoms with Gasteiger partial charge >= 0.3 is 0 Å².